The van der Waals surface area contributed by atoms with Crippen LogP contribution in [0.1, 0.15) is 92.4 Å². The van der Waals surface area contributed by atoms with Gasteiger partial charge in [0.2, 0.25) is 0 Å². The summed E-state index contributed by atoms with van der Waals surface area (Å²) in [7, 11) is 5.56. The van der Waals surface area contributed by atoms with Gasteiger partial charge in [0.05, 0.1) is 18.3 Å². The standard InChI is InChI=1S/C31H52N2O3/c1-19-15-20(17-33(8)26(35)32(6)7)36-21-16-29(5)23-10-9-22-27(2,3)24(34)11-12-30(22)18-31(23,30)14-13-28(29,4)25(19)21/h19-25,34H,9-18H2,1-8H3/t19-,20?,21?,22?,23?,24?,25?,28?,29+,30?,31?/m1/s1. The SMILES string of the molecule is C[C@@H]1CC(CN(C)C(=O)N(C)C)OC2C[C@@]3(C)C4CCC5C(C)(C)C(O)CCC56CC46CCC3(C)C21. The maximum Gasteiger partial charge on any atom is 0.319 e. The summed E-state index contributed by atoms with van der Waals surface area (Å²) in [4.78, 5) is 16.0. The molecule has 6 rings (SSSR count). The molecule has 5 heteroatoms. The molecule has 0 radical (unpaired) electrons. The number of hydrogen-bond acceptors (Lipinski definition) is 3. The summed E-state index contributed by atoms with van der Waals surface area (Å²) in [5, 5.41) is 10.9. The van der Waals surface area contributed by atoms with E-state index in [1.54, 1.807) is 4.90 Å². The number of aliphatic hydroxyl groups excluding tert-OH is 1. The smallest absolute Gasteiger partial charge is 0.319 e. The van der Waals surface area contributed by atoms with Crippen LogP contribution in [-0.4, -0.2) is 66.9 Å². The second-order valence-electron chi connectivity index (χ2n) is 15.7. The molecule has 6 fully saturated rings. The Morgan fingerprint density at radius 2 is 1.61 bits per heavy atom. The van der Waals surface area contributed by atoms with Gasteiger partial charge in [0.1, 0.15) is 0 Å². The second kappa shape index (κ2) is 7.64. The van der Waals surface area contributed by atoms with E-state index in [9.17, 15) is 9.90 Å². The van der Waals surface area contributed by atoms with Gasteiger partial charge in [-0.25, -0.2) is 4.79 Å². The Morgan fingerprint density at radius 1 is 0.944 bits per heavy atom. The van der Waals surface area contributed by atoms with Gasteiger partial charge in [-0.2, -0.15) is 0 Å². The number of ether oxygens (including phenoxy) is 1. The number of carbonyl (C=O) groups excluding carboxylic acids is 1. The van der Waals surface area contributed by atoms with E-state index in [4.69, 9.17) is 4.74 Å². The van der Waals surface area contributed by atoms with Gasteiger partial charge in [0.25, 0.3) is 0 Å². The van der Waals surface area contributed by atoms with Crippen LogP contribution in [0.2, 0.25) is 0 Å². The molecule has 0 aromatic rings. The normalized spacial score (nSPS) is 54.3. The molecule has 5 nitrogen and oxygen atoms in total. The van der Waals surface area contributed by atoms with Gasteiger partial charge in [-0.05, 0) is 109 Å². The van der Waals surface area contributed by atoms with Crippen molar-refractivity contribution in [2.24, 2.45) is 50.7 Å². The summed E-state index contributed by atoms with van der Waals surface area (Å²) in [6.07, 6.45) is 11.6. The topological polar surface area (TPSA) is 53.0 Å². The van der Waals surface area contributed by atoms with Crippen molar-refractivity contribution in [1.29, 1.82) is 0 Å². The Kier molecular flexibility index (Phi) is 5.41. The van der Waals surface area contributed by atoms with E-state index in [0.717, 1.165) is 18.8 Å². The summed E-state index contributed by atoms with van der Waals surface area (Å²) in [6, 6.07) is 0.0608. The predicted molar refractivity (Wildman–Crippen MR) is 142 cm³/mol. The maximum absolute atomic E-state index is 12.5. The van der Waals surface area contributed by atoms with Gasteiger partial charge < -0.3 is 19.6 Å². The molecule has 1 saturated heterocycles. The van der Waals surface area contributed by atoms with E-state index in [0.29, 0.717) is 52.1 Å². The fraction of sp³-hybridized carbons (Fsp3) is 0.968. The Hall–Kier alpha value is -0.810. The molecule has 204 valence electrons. The number of nitrogens with zero attached hydrogens (tertiary/aromatic N) is 2. The van der Waals surface area contributed by atoms with Crippen LogP contribution in [0.5, 0.6) is 0 Å². The molecular formula is C31H52N2O3. The number of hydrogen-bond donors (Lipinski definition) is 1. The number of amides is 2. The number of rotatable bonds is 2. The molecule has 0 aromatic heterocycles. The molecule has 5 aliphatic carbocycles. The summed E-state index contributed by atoms with van der Waals surface area (Å²) < 4.78 is 6.94. The van der Waals surface area contributed by atoms with Crippen molar-refractivity contribution in [3.05, 3.63) is 0 Å². The van der Waals surface area contributed by atoms with E-state index in [1.165, 1.54) is 44.9 Å². The van der Waals surface area contributed by atoms with E-state index >= 15 is 0 Å². The van der Waals surface area contributed by atoms with Crippen LogP contribution in [0.4, 0.5) is 4.79 Å². The molecule has 11 atom stereocenters. The minimum atomic E-state index is -0.134. The molecule has 2 spiro atoms. The molecule has 2 amide bonds. The van der Waals surface area contributed by atoms with Crippen LogP contribution >= 0.6 is 0 Å². The lowest BCUT2D eigenvalue weighted by atomic mass is 9.41. The Bertz CT molecular complexity index is 935. The highest BCUT2D eigenvalue weighted by Crippen LogP contribution is 2.89. The first-order valence-electron chi connectivity index (χ1n) is 15.0. The van der Waals surface area contributed by atoms with E-state index in [1.807, 2.05) is 26.0 Å². The van der Waals surface area contributed by atoms with E-state index < -0.39 is 0 Å². The van der Waals surface area contributed by atoms with Gasteiger partial charge in [-0.15, -0.1) is 0 Å². The quantitative estimate of drug-likeness (QED) is 0.521. The van der Waals surface area contributed by atoms with Crippen LogP contribution in [0.15, 0.2) is 0 Å². The number of fused-ring (bicyclic) bond motifs is 4. The summed E-state index contributed by atoms with van der Waals surface area (Å²) in [5.41, 5.74) is 1.71. The fourth-order valence-electron chi connectivity index (χ4n) is 12.3. The number of aliphatic hydroxyl groups is 1. The second-order valence-corrected chi connectivity index (χ2v) is 15.7. The summed E-state index contributed by atoms with van der Waals surface area (Å²) in [6.45, 7) is 13.2. The lowest BCUT2D eigenvalue weighted by Crippen LogP contribution is -2.58. The molecule has 36 heavy (non-hydrogen) atoms. The van der Waals surface area contributed by atoms with Crippen molar-refractivity contribution < 1.29 is 14.6 Å². The third kappa shape index (κ3) is 2.94. The molecule has 1 N–H and O–H groups in total. The van der Waals surface area contributed by atoms with Gasteiger partial charge in [-0.3, -0.25) is 0 Å². The third-order valence-electron chi connectivity index (χ3n) is 13.9. The zero-order valence-electron chi connectivity index (χ0n) is 24.3. The zero-order valence-corrected chi connectivity index (χ0v) is 24.3. The average molecular weight is 501 g/mol. The van der Waals surface area contributed by atoms with Crippen molar-refractivity contribution in [2.75, 3.05) is 27.7 Å². The monoisotopic (exact) mass is 500 g/mol. The van der Waals surface area contributed by atoms with Gasteiger partial charge >= 0.3 is 6.03 Å². The summed E-state index contributed by atoms with van der Waals surface area (Å²) in [5.74, 6) is 2.74. The minimum absolute atomic E-state index is 0.0545. The highest BCUT2D eigenvalue weighted by molar-refractivity contribution is 5.73. The molecular weight excluding hydrogens is 448 g/mol. The third-order valence-corrected chi connectivity index (χ3v) is 13.9. The van der Waals surface area contributed by atoms with Crippen LogP contribution in [-0.2, 0) is 4.74 Å². The lowest BCUT2D eigenvalue weighted by molar-refractivity contribution is -0.166. The van der Waals surface area contributed by atoms with E-state index in [-0.39, 0.29) is 23.7 Å². The molecule has 5 saturated carbocycles. The van der Waals surface area contributed by atoms with Crippen molar-refractivity contribution in [3.63, 3.8) is 0 Å². The maximum atomic E-state index is 12.5. The lowest BCUT2D eigenvalue weighted by Gasteiger charge is -2.63. The van der Waals surface area contributed by atoms with Crippen molar-refractivity contribution >= 4 is 6.03 Å². The highest BCUT2D eigenvalue weighted by Gasteiger charge is 2.83. The average Bonchev–Trinajstić information content (AvgIpc) is 3.39. The van der Waals surface area contributed by atoms with Crippen LogP contribution in [0, 0.1) is 50.7 Å². The number of likely N-dealkylation sites (N-methyl/N-ethyl adjacent to an activating group) is 1. The molecule has 9 unspecified atom stereocenters. The molecule has 0 bridgehead atoms. The predicted octanol–water partition coefficient (Wildman–Crippen LogP) is 5.80. The summed E-state index contributed by atoms with van der Waals surface area (Å²) >= 11 is 0. The van der Waals surface area contributed by atoms with Crippen molar-refractivity contribution in [1.82, 2.24) is 9.80 Å². The van der Waals surface area contributed by atoms with Gasteiger partial charge in [0.15, 0.2) is 0 Å². The molecule has 0 aromatic carbocycles. The van der Waals surface area contributed by atoms with Crippen LogP contribution in [0.3, 0.4) is 0 Å². The molecule has 6 aliphatic rings. The van der Waals surface area contributed by atoms with Gasteiger partial charge in [0, 0.05) is 27.7 Å². The van der Waals surface area contributed by atoms with Crippen molar-refractivity contribution in [3.8, 4) is 0 Å². The van der Waals surface area contributed by atoms with Crippen LogP contribution in [0.25, 0.3) is 0 Å². The van der Waals surface area contributed by atoms with E-state index in [2.05, 4.69) is 34.6 Å². The first-order chi connectivity index (χ1) is 16.7. The Labute approximate surface area is 219 Å². The first kappa shape index (κ1) is 25.5. The largest absolute Gasteiger partial charge is 0.393 e. The fourth-order valence-corrected chi connectivity index (χ4v) is 12.3. The molecule has 1 aliphatic heterocycles. The Morgan fingerprint density at radius 3 is 2.31 bits per heavy atom. The number of carbonyl (C=O) groups is 1. The number of urea groups is 1. The first-order valence-corrected chi connectivity index (χ1v) is 15.0. The van der Waals surface area contributed by atoms with Crippen molar-refractivity contribution in [2.45, 2.75) is 111 Å². The zero-order chi connectivity index (χ0) is 26.1. The highest BCUT2D eigenvalue weighted by atomic mass is 16.5. The Balaban J connectivity index is 1.26. The van der Waals surface area contributed by atoms with Gasteiger partial charge in [-0.1, -0.05) is 34.6 Å². The molecule has 1 heterocycles. The van der Waals surface area contributed by atoms with Crippen LogP contribution < -0.4 is 0 Å². The minimum Gasteiger partial charge on any atom is -0.393 e.